The van der Waals surface area contributed by atoms with E-state index in [1.807, 2.05) is 0 Å². The van der Waals surface area contributed by atoms with Gasteiger partial charge in [-0.05, 0) is 19.9 Å². The number of allylic oxidation sites excluding steroid dienone is 2. The standard InChI is InChI=1S/C14H11Cl3N2O5S/c1-7-10(15)11(12(16)14(2,17)13(7)20)18-25(23,24)9-5-3-4-8(6-9)19(21)22/h3-6,12H,1-2H3. The molecule has 1 aromatic rings. The van der Waals surface area contributed by atoms with Gasteiger partial charge in [0.2, 0.25) is 0 Å². The molecule has 25 heavy (non-hydrogen) atoms. The Labute approximate surface area is 158 Å². The van der Waals surface area contributed by atoms with Gasteiger partial charge in [0.05, 0.1) is 20.6 Å². The lowest BCUT2D eigenvalue weighted by Crippen LogP contribution is -2.48. The predicted octanol–water partition coefficient (Wildman–Crippen LogP) is 3.42. The molecule has 1 aliphatic rings. The van der Waals surface area contributed by atoms with E-state index < -0.39 is 41.6 Å². The molecule has 7 nitrogen and oxygen atoms in total. The molecule has 0 N–H and O–H groups in total. The van der Waals surface area contributed by atoms with Gasteiger partial charge in [-0.3, -0.25) is 14.9 Å². The summed E-state index contributed by atoms with van der Waals surface area (Å²) in [5.74, 6) is -0.536. The van der Waals surface area contributed by atoms with Crippen molar-refractivity contribution in [2.45, 2.75) is 29.0 Å². The molecule has 2 unspecified atom stereocenters. The van der Waals surface area contributed by atoms with E-state index in [0.717, 1.165) is 18.2 Å². The highest BCUT2D eigenvalue weighted by Crippen LogP contribution is 2.38. The van der Waals surface area contributed by atoms with Crippen molar-refractivity contribution in [1.82, 2.24) is 0 Å². The van der Waals surface area contributed by atoms with Crippen molar-refractivity contribution in [2.75, 3.05) is 0 Å². The van der Waals surface area contributed by atoms with Crippen molar-refractivity contribution < 1.29 is 18.1 Å². The fourth-order valence-electron chi connectivity index (χ4n) is 2.17. The number of Topliss-reactive ketones (excluding diaryl/α,β-unsaturated/α-hetero) is 1. The van der Waals surface area contributed by atoms with E-state index in [9.17, 15) is 23.3 Å². The van der Waals surface area contributed by atoms with Crippen molar-refractivity contribution in [1.29, 1.82) is 0 Å². The summed E-state index contributed by atoms with van der Waals surface area (Å²) in [5, 5.41) is 9.30. The van der Waals surface area contributed by atoms with E-state index in [4.69, 9.17) is 34.8 Å². The number of alkyl halides is 2. The Balaban J connectivity index is 2.63. The lowest BCUT2D eigenvalue weighted by Gasteiger charge is -2.32. The Kier molecular flexibility index (Phi) is 5.30. The smallest absolute Gasteiger partial charge is 0.282 e. The summed E-state index contributed by atoms with van der Waals surface area (Å²) < 4.78 is 28.6. The van der Waals surface area contributed by atoms with Crippen molar-refractivity contribution in [3.05, 3.63) is 45.0 Å². The highest BCUT2D eigenvalue weighted by Gasteiger charge is 2.48. The molecule has 0 heterocycles. The summed E-state index contributed by atoms with van der Waals surface area (Å²) in [6.07, 6.45) is 0. The molecule has 0 saturated heterocycles. The lowest BCUT2D eigenvalue weighted by molar-refractivity contribution is -0.385. The van der Waals surface area contributed by atoms with Crippen LogP contribution in [0.5, 0.6) is 0 Å². The minimum Gasteiger partial charge on any atom is -0.292 e. The molecular formula is C14H11Cl3N2O5S. The Bertz CT molecular complexity index is 938. The molecule has 0 aromatic heterocycles. The van der Waals surface area contributed by atoms with Crippen molar-refractivity contribution in [2.24, 2.45) is 4.40 Å². The topological polar surface area (TPSA) is 107 Å². The molecule has 0 amide bonds. The molecule has 0 saturated carbocycles. The van der Waals surface area contributed by atoms with Crippen molar-refractivity contribution >= 4 is 62.0 Å². The van der Waals surface area contributed by atoms with Gasteiger partial charge in [-0.2, -0.15) is 12.8 Å². The number of non-ortho nitro benzene ring substituents is 1. The first-order valence-corrected chi connectivity index (χ1v) is 9.36. The summed E-state index contributed by atoms with van der Waals surface area (Å²) >= 11 is 18.3. The number of carbonyl (C=O) groups excluding carboxylic acids is 1. The SMILES string of the molecule is CC1=C(Cl)C(=NS(=O)(=O)c2cccc([N+](=O)[O-])c2)C(Cl)C(C)(Cl)C1=O. The van der Waals surface area contributed by atoms with Crippen LogP contribution in [-0.4, -0.2) is 35.1 Å². The third-order valence-corrected chi connectivity index (χ3v) is 6.51. The van der Waals surface area contributed by atoms with Gasteiger partial charge in [-0.1, -0.05) is 17.7 Å². The molecule has 2 atom stereocenters. The fraction of sp³-hybridized carbons (Fsp3) is 0.286. The molecule has 0 aliphatic heterocycles. The zero-order chi connectivity index (χ0) is 19.2. The van der Waals surface area contributed by atoms with Gasteiger partial charge in [-0.25, -0.2) is 0 Å². The molecule has 2 rings (SSSR count). The highest BCUT2D eigenvalue weighted by molar-refractivity contribution is 7.90. The Morgan fingerprint density at radius 1 is 1.36 bits per heavy atom. The minimum absolute atomic E-state index is 0.0315. The van der Waals surface area contributed by atoms with Crippen molar-refractivity contribution in [3.8, 4) is 0 Å². The second-order valence-electron chi connectivity index (χ2n) is 5.41. The number of hydrogen-bond donors (Lipinski definition) is 0. The van der Waals surface area contributed by atoms with E-state index in [0.29, 0.717) is 0 Å². The number of ketones is 1. The third kappa shape index (κ3) is 3.57. The molecule has 0 spiro atoms. The number of hydrogen-bond acceptors (Lipinski definition) is 5. The van der Waals surface area contributed by atoms with Gasteiger partial charge in [0.1, 0.15) is 10.3 Å². The van der Waals surface area contributed by atoms with E-state index in [2.05, 4.69) is 4.40 Å². The second-order valence-corrected chi connectivity index (χ2v) is 8.62. The second kappa shape index (κ2) is 6.68. The van der Waals surface area contributed by atoms with Crippen LogP contribution in [0.25, 0.3) is 0 Å². The maximum atomic E-state index is 12.5. The molecule has 1 aromatic carbocycles. The number of nitro groups is 1. The van der Waals surface area contributed by atoms with Crippen LogP contribution in [0, 0.1) is 10.1 Å². The summed E-state index contributed by atoms with van der Waals surface area (Å²) in [6.45, 7) is 2.71. The molecule has 1 aliphatic carbocycles. The number of halogens is 3. The summed E-state index contributed by atoms with van der Waals surface area (Å²) in [4.78, 5) is 20.2. The number of carbonyl (C=O) groups is 1. The van der Waals surface area contributed by atoms with Crippen LogP contribution in [0.15, 0.2) is 44.2 Å². The molecule has 134 valence electrons. The van der Waals surface area contributed by atoms with Crippen LogP contribution in [0.3, 0.4) is 0 Å². The maximum Gasteiger partial charge on any atom is 0.282 e. The van der Waals surface area contributed by atoms with Gasteiger partial charge in [0, 0.05) is 17.7 Å². The number of rotatable bonds is 3. The zero-order valence-electron chi connectivity index (χ0n) is 12.9. The van der Waals surface area contributed by atoms with Gasteiger partial charge in [-0.15, -0.1) is 23.2 Å². The lowest BCUT2D eigenvalue weighted by atomic mass is 9.87. The van der Waals surface area contributed by atoms with Crippen LogP contribution in [0.4, 0.5) is 5.69 Å². The predicted molar refractivity (Wildman–Crippen MR) is 95.2 cm³/mol. The Morgan fingerprint density at radius 3 is 2.52 bits per heavy atom. The average Bonchev–Trinajstić information content (AvgIpc) is 2.56. The summed E-state index contributed by atoms with van der Waals surface area (Å²) in [5.41, 5.74) is -0.670. The first kappa shape index (κ1) is 19.8. The monoisotopic (exact) mass is 424 g/mol. The van der Waals surface area contributed by atoms with Gasteiger partial charge < -0.3 is 0 Å². The average molecular weight is 426 g/mol. The largest absolute Gasteiger partial charge is 0.292 e. The minimum atomic E-state index is -4.36. The summed E-state index contributed by atoms with van der Waals surface area (Å²) in [7, 11) is -4.36. The highest BCUT2D eigenvalue weighted by atomic mass is 35.5. The third-order valence-electron chi connectivity index (χ3n) is 3.60. The number of sulfonamides is 1. The van der Waals surface area contributed by atoms with E-state index >= 15 is 0 Å². The maximum absolute atomic E-state index is 12.5. The van der Waals surface area contributed by atoms with Crippen LogP contribution < -0.4 is 0 Å². The van der Waals surface area contributed by atoms with Gasteiger partial charge in [0.15, 0.2) is 5.78 Å². The normalized spacial score (nSPS) is 26.2. The van der Waals surface area contributed by atoms with E-state index in [1.165, 1.54) is 19.9 Å². The quantitative estimate of drug-likeness (QED) is 0.419. The first-order valence-electron chi connectivity index (χ1n) is 6.73. The summed E-state index contributed by atoms with van der Waals surface area (Å²) in [6, 6.07) is 4.36. The van der Waals surface area contributed by atoms with E-state index in [1.54, 1.807) is 0 Å². The van der Waals surface area contributed by atoms with Gasteiger partial charge >= 0.3 is 0 Å². The van der Waals surface area contributed by atoms with Crippen molar-refractivity contribution in [3.63, 3.8) is 0 Å². The zero-order valence-corrected chi connectivity index (χ0v) is 15.9. The molecule has 0 bridgehead atoms. The number of benzene rings is 1. The number of nitro benzene ring substituents is 1. The molecule has 11 heteroatoms. The van der Waals surface area contributed by atoms with Crippen LogP contribution in [-0.2, 0) is 14.8 Å². The molecule has 0 radical (unpaired) electrons. The first-order chi connectivity index (χ1) is 11.4. The van der Waals surface area contributed by atoms with Crippen LogP contribution >= 0.6 is 34.8 Å². The van der Waals surface area contributed by atoms with Gasteiger partial charge in [0.25, 0.3) is 15.7 Å². The van der Waals surface area contributed by atoms with Crippen LogP contribution in [0.1, 0.15) is 13.8 Å². The van der Waals surface area contributed by atoms with Crippen LogP contribution in [0.2, 0.25) is 0 Å². The number of nitrogens with zero attached hydrogens (tertiary/aromatic N) is 2. The van der Waals surface area contributed by atoms with E-state index in [-0.39, 0.29) is 16.3 Å². The fourth-order valence-corrected chi connectivity index (χ4v) is 4.15. The molecular weight excluding hydrogens is 415 g/mol. The molecule has 0 fully saturated rings. The Hall–Kier alpha value is -1.48. The Morgan fingerprint density at radius 2 is 1.96 bits per heavy atom.